The Morgan fingerprint density at radius 3 is 2.21 bits per heavy atom. The minimum Gasteiger partial charge on any atom is -0.492 e. The van der Waals surface area contributed by atoms with Crippen LogP contribution in [0.25, 0.3) is 0 Å². The Morgan fingerprint density at radius 2 is 1.61 bits per heavy atom. The Labute approximate surface area is 196 Å². The molecule has 0 aromatic heterocycles. The molecule has 2 aromatic carbocycles. The van der Waals surface area contributed by atoms with Gasteiger partial charge in [-0.3, -0.25) is 0 Å². The average Bonchev–Trinajstić information content (AvgIpc) is 2.80. The number of ether oxygens (including phenoxy) is 3. The van der Waals surface area contributed by atoms with E-state index in [4.69, 9.17) is 14.2 Å². The van der Waals surface area contributed by atoms with E-state index >= 15 is 0 Å². The zero-order chi connectivity index (χ0) is 24.1. The molecule has 2 aromatic rings. The number of hydrogen-bond acceptors (Lipinski definition) is 5. The van der Waals surface area contributed by atoms with Crippen LogP contribution in [0.5, 0.6) is 11.5 Å². The number of carbonyl (C=O) groups is 2. The van der Waals surface area contributed by atoms with Gasteiger partial charge in [-0.2, -0.15) is 0 Å². The summed E-state index contributed by atoms with van der Waals surface area (Å²) in [6, 6.07) is 14.6. The average molecular weight is 458 g/mol. The molecule has 180 valence electrons. The molecule has 0 aliphatic carbocycles. The van der Waals surface area contributed by atoms with Crippen molar-refractivity contribution in [2.24, 2.45) is 0 Å². The molecular formula is C26H35NO6. The van der Waals surface area contributed by atoms with Crippen LogP contribution >= 0.6 is 0 Å². The van der Waals surface area contributed by atoms with Crippen molar-refractivity contribution in [2.75, 3.05) is 26.3 Å². The Balaban J connectivity index is 1.89. The molecule has 0 aliphatic heterocycles. The van der Waals surface area contributed by atoms with E-state index in [1.165, 1.54) is 0 Å². The normalized spacial score (nSPS) is 11.6. The summed E-state index contributed by atoms with van der Waals surface area (Å²) in [7, 11) is 0. The highest BCUT2D eigenvalue weighted by Gasteiger charge is 2.18. The monoisotopic (exact) mass is 457 g/mol. The number of nitrogens with zero attached hydrogens (tertiary/aromatic N) is 1. The number of unbranched alkanes of at least 4 members (excludes halogenated alkanes) is 2. The molecule has 0 spiro atoms. The van der Waals surface area contributed by atoms with Gasteiger partial charge in [0.25, 0.3) is 0 Å². The van der Waals surface area contributed by atoms with E-state index < -0.39 is 12.1 Å². The molecule has 7 heteroatoms. The molecule has 1 atom stereocenters. The lowest BCUT2D eigenvalue weighted by Gasteiger charge is -2.22. The van der Waals surface area contributed by atoms with Crippen LogP contribution in [-0.4, -0.2) is 54.5 Å². The van der Waals surface area contributed by atoms with Crippen molar-refractivity contribution in [2.45, 2.75) is 52.6 Å². The SMILES string of the molecule is CCCCCN(CCOc1ccc(CC(OCC)C(=O)O)cc1)C(=O)Oc1ccc(C)cc1. The first kappa shape index (κ1) is 26.2. The molecule has 7 nitrogen and oxygen atoms in total. The number of aryl methyl sites for hydroxylation is 1. The molecule has 1 amide bonds. The van der Waals surface area contributed by atoms with Gasteiger partial charge in [0.05, 0.1) is 6.54 Å². The third kappa shape index (κ3) is 9.53. The van der Waals surface area contributed by atoms with E-state index in [-0.39, 0.29) is 6.09 Å². The summed E-state index contributed by atoms with van der Waals surface area (Å²) < 4.78 is 16.6. The zero-order valence-corrected chi connectivity index (χ0v) is 19.8. The van der Waals surface area contributed by atoms with Gasteiger partial charge in [-0.1, -0.05) is 49.6 Å². The van der Waals surface area contributed by atoms with Gasteiger partial charge in [-0.25, -0.2) is 9.59 Å². The van der Waals surface area contributed by atoms with Crippen LogP contribution < -0.4 is 9.47 Å². The molecule has 1 N–H and O–H groups in total. The van der Waals surface area contributed by atoms with E-state index in [0.717, 1.165) is 30.4 Å². The Bertz CT molecular complexity index is 850. The molecule has 0 fully saturated rings. The number of hydrogen-bond donors (Lipinski definition) is 1. The molecule has 2 rings (SSSR count). The van der Waals surface area contributed by atoms with Gasteiger partial charge >= 0.3 is 12.1 Å². The number of benzene rings is 2. The van der Waals surface area contributed by atoms with Gasteiger partial charge in [-0.05, 0) is 50.1 Å². The lowest BCUT2D eigenvalue weighted by Crippen LogP contribution is -2.37. The Kier molecular flexibility index (Phi) is 11.2. The van der Waals surface area contributed by atoms with Gasteiger partial charge in [0.15, 0.2) is 6.10 Å². The molecule has 0 saturated heterocycles. The second-order valence-corrected chi connectivity index (χ2v) is 7.85. The topological polar surface area (TPSA) is 85.3 Å². The minimum absolute atomic E-state index is 0.291. The highest BCUT2D eigenvalue weighted by Crippen LogP contribution is 2.16. The van der Waals surface area contributed by atoms with Crippen LogP contribution in [0.15, 0.2) is 48.5 Å². The molecule has 0 bridgehead atoms. The van der Waals surface area contributed by atoms with E-state index in [0.29, 0.717) is 44.2 Å². The summed E-state index contributed by atoms with van der Waals surface area (Å²) in [5.41, 5.74) is 1.96. The van der Waals surface area contributed by atoms with Crippen molar-refractivity contribution in [3.05, 3.63) is 59.7 Å². The van der Waals surface area contributed by atoms with E-state index in [2.05, 4.69) is 6.92 Å². The van der Waals surface area contributed by atoms with E-state index in [1.54, 1.807) is 36.1 Å². The van der Waals surface area contributed by atoms with Gasteiger partial charge < -0.3 is 24.2 Å². The standard InChI is InChI=1S/C26H35NO6/c1-4-6-7-16-27(26(30)33-23-12-8-20(3)9-13-23)17-18-32-22-14-10-21(11-15-22)19-24(25(28)29)31-5-2/h8-15,24H,4-7,16-19H2,1-3H3,(H,28,29). The maximum absolute atomic E-state index is 12.7. The summed E-state index contributed by atoms with van der Waals surface area (Å²) in [6.45, 7) is 7.56. The number of amides is 1. The lowest BCUT2D eigenvalue weighted by molar-refractivity contribution is -0.149. The summed E-state index contributed by atoms with van der Waals surface area (Å²) in [5.74, 6) is 0.203. The van der Waals surface area contributed by atoms with Crippen LogP contribution in [-0.2, 0) is 16.0 Å². The van der Waals surface area contributed by atoms with Crippen molar-refractivity contribution in [3.63, 3.8) is 0 Å². The summed E-state index contributed by atoms with van der Waals surface area (Å²) >= 11 is 0. The fourth-order valence-corrected chi connectivity index (χ4v) is 3.25. The second kappa shape index (κ2) is 14.2. The van der Waals surface area contributed by atoms with Crippen LogP contribution in [0.4, 0.5) is 4.79 Å². The molecule has 0 saturated carbocycles. The second-order valence-electron chi connectivity index (χ2n) is 7.85. The number of rotatable bonds is 14. The largest absolute Gasteiger partial charge is 0.492 e. The van der Waals surface area contributed by atoms with E-state index in [9.17, 15) is 14.7 Å². The Morgan fingerprint density at radius 1 is 0.939 bits per heavy atom. The fraction of sp³-hybridized carbons (Fsp3) is 0.462. The molecule has 0 aliphatic rings. The first-order valence-corrected chi connectivity index (χ1v) is 11.5. The van der Waals surface area contributed by atoms with Gasteiger partial charge in [0, 0.05) is 19.6 Å². The van der Waals surface area contributed by atoms with Crippen molar-refractivity contribution in [3.8, 4) is 11.5 Å². The summed E-state index contributed by atoms with van der Waals surface area (Å²) in [5, 5.41) is 9.22. The van der Waals surface area contributed by atoms with Crippen LogP contribution in [0.2, 0.25) is 0 Å². The smallest absolute Gasteiger partial charge is 0.415 e. The van der Waals surface area contributed by atoms with Crippen molar-refractivity contribution >= 4 is 12.1 Å². The minimum atomic E-state index is -0.974. The molecule has 0 radical (unpaired) electrons. The van der Waals surface area contributed by atoms with Gasteiger partial charge in [-0.15, -0.1) is 0 Å². The predicted octanol–water partition coefficient (Wildman–Crippen LogP) is 5.10. The number of carboxylic acids is 1. The van der Waals surface area contributed by atoms with Crippen molar-refractivity contribution < 1.29 is 28.9 Å². The number of carbonyl (C=O) groups excluding carboxylic acids is 1. The predicted molar refractivity (Wildman–Crippen MR) is 127 cm³/mol. The fourth-order valence-electron chi connectivity index (χ4n) is 3.25. The third-order valence-corrected chi connectivity index (χ3v) is 5.13. The molecular weight excluding hydrogens is 422 g/mol. The first-order valence-electron chi connectivity index (χ1n) is 11.5. The molecule has 33 heavy (non-hydrogen) atoms. The van der Waals surface area contributed by atoms with Crippen molar-refractivity contribution in [1.29, 1.82) is 0 Å². The highest BCUT2D eigenvalue weighted by atomic mass is 16.6. The van der Waals surface area contributed by atoms with Crippen LogP contribution in [0.1, 0.15) is 44.2 Å². The molecule has 0 heterocycles. The molecule has 1 unspecified atom stereocenters. The van der Waals surface area contributed by atoms with Gasteiger partial charge in [0.1, 0.15) is 18.1 Å². The van der Waals surface area contributed by atoms with Crippen LogP contribution in [0.3, 0.4) is 0 Å². The number of aliphatic carboxylic acids is 1. The third-order valence-electron chi connectivity index (χ3n) is 5.13. The zero-order valence-electron chi connectivity index (χ0n) is 19.8. The first-order chi connectivity index (χ1) is 15.9. The number of carboxylic acid groups (broad SMARTS) is 1. The summed E-state index contributed by atoms with van der Waals surface area (Å²) in [6.07, 6.45) is 2.05. The van der Waals surface area contributed by atoms with Crippen molar-refractivity contribution in [1.82, 2.24) is 4.90 Å². The quantitative estimate of drug-likeness (QED) is 0.398. The lowest BCUT2D eigenvalue weighted by atomic mass is 10.1. The van der Waals surface area contributed by atoms with Gasteiger partial charge in [0.2, 0.25) is 0 Å². The highest BCUT2D eigenvalue weighted by molar-refractivity contribution is 5.72. The summed E-state index contributed by atoms with van der Waals surface area (Å²) in [4.78, 5) is 25.6. The van der Waals surface area contributed by atoms with E-state index in [1.807, 2.05) is 31.2 Å². The maximum atomic E-state index is 12.7. The maximum Gasteiger partial charge on any atom is 0.415 e. The van der Waals surface area contributed by atoms with Crippen LogP contribution in [0, 0.1) is 6.92 Å². The Hall–Kier alpha value is -3.06.